The summed E-state index contributed by atoms with van der Waals surface area (Å²) < 4.78 is 1.31. The molecule has 3 heterocycles. The lowest BCUT2D eigenvalue weighted by atomic mass is 10.1. The summed E-state index contributed by atoms with van der Waals surface area (Å²) in [6.45, 7) is 1.57. The summed E-state index contributed by atoms with van der Waals surface area (Å²) >= 11 is 1.30. The largest absolute Gasteiger partial charge is 0.339 e. The van der Waals surface area contributed by atoms with E-state index in [1.54, 1.807) is 18.2 Å². The summed E-state index contributed by atoms with van der Waals surface area (Å²) in [5.41, 5.74) is 1.74. The first-order chi connectivity index (χ1) is 14.2. The fourth-order valence-electron chi connectivity index (χ4n) is 3.62. The van der Waals surface area contributed by atoms with Crippen molar-refractivity contribution in [3.05, 3.63) is 64.4 Å². The minimum atomic E-state index is -0.237. The number of carbonyl (C=O) groups excluding carboxylic acids is 1. The second-order valence-electron chi connectivity index (χ2n) is 7.09. The molecular formula is C21H19N5O2S. The van der Waals surface area contributed by atoms with Gasteiger partial charge in [-0.05, 0) is 49.6 Å². The summed E-state index contributed by atoms with van der Waals surface area (Å²) in [7, 11) is 0. The molecule has 8 heteroatoms. The maximum absolute atomic E-state index is 12.9. The Morgan fingerprint density at radius 1 is 1.03 bits per heavy atom. The van der Waals surface area contributed by atoms with E-state index in [1.165, 1.54) is 22.3 Å². The van der Waals surface area contributed by atoms with Gasteiger partial charge in [-0.25, -0.2) is 4.98 Å². The lowest BCUT2D eigenvalue weighted by Crippen LogP contribution is -2.35. The van der Waals surface area contributed by atoms with Crippen molar-refractivity contribution in [2.45, 2.75) is 19.3 Å². The lowest BCUT2D eigenvalue weighted by Gasteiger charge is -2.26. The van der Waals surface area contributed by atoms with Crippen molar-refractivity contribution < 1.29 is 4.79 Å². The minimum absolute atomic E-state index is 0.00402. The molecule has 2 aromatic heterocycles. The smallest absolute Gasteiger partial charge is 0.283 e. The molecule has 0 atom stereocenters. The van der Waals surface area contributed by atoms with E-state index >= 15 is 0 Å². The molecule has 2 aromatic carbocycles. The molecule has 5 rings (SSSR count). The number of para-hydroxylation sites is 1. The fraction of sp³-hybridized carbons (Fsp3) is 0.238. The number of hydrogen-bond donors (Lipinski definition) is 1. The maximum Gasteiger partial charge on any atom is 0.283 e. The zero-order valence-corrected chi connectivity index (χ0v) is 16.5. The average molecular weight is 405 g/mol. The number of fused-ring (bicyclic) bond motifs is 2. The number of carbonyl (C=O) groups is 1. The molecule has 1 aliphatic rings. The second-order valence-corrected chi connectivity index (χ2v) is 8.05. The number of likely N-dealkylation sites (tertiary alicyclic amines) is 1. The van der Waals surface area contributed by atoms with Gasteiger partial charge in [0.1, 0.15) is 0 Å². The van der Waals surface area contributed by atoms with Gasteiger partial charge in [0.25, 0.3) is 11.5 Å². The van der Waals surface area contributed by atoms with E-state index < -0.39 is 0 Å². The molecular weight excluding hydrogens is 386 g/mol. The Kier molecular flexibility index (Phi) is 4.48. The molecule has 7 nitrogen and oxygen atoms in total. The van der Waals surface area contributed by atoms with Gasteiger partial charge in [0.2, 0.25) is 10.1 Å². The standard InChI is InChI=1S/C21H19N5O2S/c27-18(25-11-5-2-6-12-25)14-9-10-16-17(13-14)23-21-26(19(16)28)24-20(29-21)22-15-7-3-1-4-8-15/h1,3-4,7-10,13H,2,5-6,11-12H2,(H,22,24). The van der Waals surface area contributed by atoms with Crippen LogP contribution in [0.15, 0.2) is 53.3 Å². The third-order valence-electron chi connectivity index (χ3n) is 5.11. The van der Waals surface area contributed by atoms with Crippen molar-refractivity contribution in [1.82, 2.24) is 19.5 Å². The summed E-state index contributed by atoms with van der Waals surface area (Å²) in [6.07, 6.45) is 3.25. The van der Waals surface area contributed by atoms with E-state index in [0.29, 0.717) is 26.6 Å². The Morgan fingerprint density at radius 2 is 1.83 bits per heavy atom. The molecule has 0 saturated carbocycles. The Bertz CT molecular complexity index is 1260. The fourth-order valence-corrected chi connectivity index (χ4v) is 4.43. The van der Waals surface area contributed by atoms with Crippen LogP contribution in [0, 0.1) is 0 Å². The molecule has 1 N–H and O–H groups in total. The molecule has 4 aromatic rings. The number of anilines is 2. The predicted molar refractivity (Wildman–Crippen MR) is 114 cm³/mol. The molecule has 0 bridgehead atoms. The highest BCUT2D eigenvalue weighted by molar-refractivity contribution is 7.20. The highest BCUT2D eigenvalue weighted by atomic mass is 32.1. The lowest BCUT2D eigenvalue weighted by molar-refractivity contribution is 0.0724. The maximum atomic E-state index is 12.9. The predicted octanol–water partition coefficient (Wildman–Crippen LogP) is 3.67. The second kappa shape index (κ2) is 7.29. The van der Waals surface area contributed by atoms with Gasteiger partial charge in [-0.2, -0.15) is 4.52 Å². The summed E-state index contributed by atoms with van der Waals surface area (Å²) in [4.78, 5) is 32.6. The number of amides is 1. The van der Waals surface area contributed by atoms with E-state index in [2.05, 4.69) is 15.4 Å². The molecule has 1 amide bonds. The highest BCUT2D eigenvalue weighted by Gasteiger charge is 2.19. The molecule has 1 aliphatic heterocycles. The summed E-state index contributed by atoms with van der Waals surface area (Å²) in [5.74, 6) is 0.00402. The van der Waals surface area contributed by atoms with Crippen molar-refractivity contribution in [3.63, 3.8) is 0 Å². The first kappa shape index (κ1) is 17.8. The van der Waals surface area contributed by atoms with E-state index in [9.17, 15) is 9.59 Å². The van der Waals surface area contributed by atoms with Crippen molar-refractivity contribution in [1.29, 1.82) is 0 Å². The SMILES string of the molecule is O=C(c1ccc2c(=O)n3nc(Nc4ccccc4)sc3nc2c1)N1CCCCC1. The van der Waals surface area contributed by atoms with Crippen molar-refractivity contribution in [3.8, 4) is 0 Å². The number of rotatable bonds is 3. The first-order valence-electron chi connectivity index (χ1n) is 9.64. The van der Waals surface area contributed by atoms with Crippen LogP contribution in [-0.4, -0.2) is 38.5 Å². The zero-order valence-electron chi connectivity index (χ0n) is 15.7. The Morgan fingerprint density at radius 3 is 2.62 bits per heavy atom. The van der Waals surface area contributed by atoms with Gasteiger partial charge in [-0.15, -0.1) is 5.10 Å². The molecule has 0 spiro atoms. The molecule has 0 unspecified atom stereocenters. The molecule has 0 radical (unpaired) electrons. The summed E-state index contributed by atoms with van der Waals surface area (Å²) in [6, 6.07) is 14.8. The van der Waals surface area contributed by atoms with Crippen LogP contribution in [0.25, 0.3) is 15.9 Å². The van der Waals surface area contributed by atoms with Crippen LogP contribution in [0.4, 0.5) is 10.8 Å². The highest BCUT2D eigenvalue weighted by Crippen LogP contribution is 2.23. The minimum Gasteiger partial charge on any atom is -0.339 e. The van der Waals surface area contributed by atoms with E-state index in [-0.39, 0.29) is 11.5 Å². The Labute approximate surface area is 170 Å². The van der Waals surface area contributed by atoms with Crippen LogP contribution in [0.2, 0.25) is 0 Å². The molecule has 146 valence electrons. The van der Waals surface area contributed by atoms with Crippen LogP contribution in [-0.2, 0) is 0 Å². The van der Waals surface area contributed by atoms with Crippen LogP contribution < -0.4 is 10.9 Å². The van der Waals surface area contributed by atoms with Gasteiger partial charge in [-0.1, -0.05) is 29.5 Å². The third-order valence-corrected chi connectivity index (χ3v) is 5.94. The number of benzene rings is 2. The topological polar surface area (TPSA) is 79.6 Å². The first-order valence-corrected chi connectivity index (χ1v) is 10.5. The molecule has 29 heavy (non-hydrogen) atoms. The Hall–Kier alpha value is -3.26. The van der Waals surface area contributed by atoms with E-state index in [0.717, 1.165) is 31.6 Å². The van der Waals surface area contributed by atoms with Crippen molar-refractivity contribution in [2.24, 2.45) is 0 Å². The van der Waals surface area contributed by atoms with Gasteiger partial charge in [0.15, 0.2) is 0 Å². The third kappa shape index (κ3) is 3.36. The zero-order chi connectivity index (χ0) is 19.8. The number of nitrogens with one attached hydrogen (secondary N) is 1. The molecule has 0 aliphatic carbocycles. The van der Waals surface area contributed by atoms with Gasteiger partial charge in [0.05, 0.1) is 10.9 Å². The quantitative estimate of drug-likeness (QED) is 0.563. The van der Waals surface area contributed by atoms with Gasteiger partial charge in [0, 0.05) is 24.3 Å². The van der Waals surface area contributed by atoms with E-state index in [4.69, 9.17) is 0 Å². The normalized spacial score (nSPS) is 14.4. The average Bonchev–Trinajstić information content (AvgIpc) is 3.17. The van der Waals surface area contributed by atoms with Crippen LogP contribution in [0.3, 0.4) is 0 Å². The van der Waals surface area contributed by atoms with Crippen molar-refractivity contribution >= 4 is 43.9 Å². The Balaban J connectivity index is 1.53. The number of nitrogens with zero attached hydrogens (tertiary/aromatic N) is 4. The van der Waals surface area contributed by atoms with Crippen molar-refractivity contribution in [2.75, 3.05) is 18.4 Å². The van der Waals surface area contributed by atoms with Gasteiger partial charge < -0.3 is 10.2 Å². The van der Waals surface area contributed by atoms with Crippen LogP contribution in [0.1, 0.15) is 29.6 Å². The monoisotopic (exact) mass is 405 g/mol. The van der Waals surface area contributed by atoms with E-state index in [1.807, 2.05) is 35.2 Å². The number of aromatic nitrogens is 3. The van der Waals surface area contributed by atoms with Crippen LogP contribution >= 0.6 is 11.3 Å². The van der Waals surface area contributed by atoms with Gasteiger partial charge in [-0.3, -0.25) is 9.59 Å². The van der Waals surface area contributed by atoms with Gasteiger partial charge >= 0.3 is 0 Å². The number of hydrogen-bond acceptors (Lipinski definition) is 6. The van der Waals surface area contributed by atoms with Crippen LogP contribution in [0.5, 0.6) is 0 Å². The molecule has 1 saturated heterocycles. The molecule has 1 fully saturated rings. The number of piperidine rings is 1. The summed E-state index contributed by atoms with van der Waals surface area (Å²) in [5, 5.41) is 8.59.